The van der Waals surface area contributed by atoms with E-state index in [4.69, 9.17) is 9.47 Å². The van der Waals surface area contributed by atoms with E-state index in [0.717, 1.165) is 17.4 Å². The molecule has 0 aliphatic carbocycles. The average Bonchev–Trinajstić information content (AvgIpc) is 3.00. The van der Waals surface area contributed by atoms with E-state index in [2.05, 4.69) is 4.84 Å². The Kier molecular flexibility index (Phi) is 6.77. The number of benzene rings is 2. The fourth-order valence-electron chi connectivity index (χ4n) is 3.53. The number of amides is 3. The van der Waals surface area contributed by atoms with Crippen molar-refractivity contribution in [3.8, 4) is 11.5 Å². The molecule has 1 aliphatic heterocycles. The largest absolute Gasteiger partial charge is 0.493 e. The van der Waals surface area contributed by atoms with Gasteiger partial charge in [-0.1, -0.05) is 17.7 Å². The van der Waals surface area contributed by atoms with Gasteiger partial charge in [0.05, 0.1) is 37.3 Å². The minimum atomic E-state index is -0.969. The molecule has 0 aromatic heterocycles. The fraction of sp³-hybridized carbons (Fsp3) is 0.304. The predicted octanol–water partition coefficient (Wildman–Crippen LogP) is 2.72. The molecule has 9 heteroatoms. The summed E-state index contributed by atoms with van der Waals surface area (Å²) in [5.74, 6) is -1.51. The highest BCUT2D eigenvalue weighted by Crippen LogP contribution is 2.37. The number of nitrogens with zero attached hydrogens (tertiary/aromatic N) is 1. The maximum atomic E-state index is 13.2. The summed E-state index contributed by atoms with van der Waals surface area (Å²) in [6, 6.07) is 8.94. The second-order valence-corrected chi connectivity index (χ2v) is 7.21. The molecule has 1 atom stereocenters. The van der Waals surface area contributed by atoms with Gasteiger partial charge in [-0.2, -0.15) is 5.48 Å². The number of rotatable bonds is 7. The van der Waals surface area contributed by atoms with Crippen LogP contribution in [0.25, 0.3) is 0 Å². The van der Waals surface area contributed by atoms with Crippen LogP contribution in [0.4, 0.5) is 0 Å². The third-order valence-electron chi connectivity index (χ3n) is 4.94. The van der Waals surface area contributed by atoms with Crippen molar-refractivity contribution in [3.05, 3.63) is 58.7 Å². The SMILES string of the molecule is CCOc1cc([C@H](CC(=O)NOC(C)=O)N2C(=O)c3ccc(C)cc3C2=O)ccc1OC. The maximum absolute atomic E-state index is 13.2. The Morgan fingerprint density at radius 1 is 1.03 bits per heavy atom. The summed E-state index contributed by atoms with van der Waals surface area (Å²) in [4.78, 5) is 55.5. The summed E-state index contributed by atoms with van der Waals surface area (Å²) in [5, 5.41) is 0. The van der Waals surface area contributed by atoms with Crippen LogP contribution >= 0.6 is 0 Å². The predicted molar refractivity (Wildman–Crippen MR) is 113 cm³/mol. The van der Waals surface area contributed by atoms with Gasteiger partial charge in [0.1, 0.15) is 0 Å². The van der Waals surface area contributed by atoms with Gasteiger partial charge in [0.2, 0.25) is 0 Å². The van der Waals surface area contributed by atoms with Crippen LogP contribution in [0.15, 0.2) is 36.4 Å². The number of ether oxygens (including phenoxy) is 2. The maximum Gasteiger partial charge on any atom is 0.329 e. The zero-order valence-electron chi connectivity index (χ0n) is 18.3. The molecule has 1 heterocycles. The molecule has 0 saturated heterocycles. The summed E-state index contributed by atoms with van der Waals surface area (Å²) in [5.41, 5.74) is 3.90. The van der Waals surface area contributed by atoms with Crippen molar-refractivity contribution in [3.63, 3.8) is 0 Å². The van der Waals surface area contributed by atoms with Crippen molar-refractivity contribution in [2.75, 3.05) is 13.7 Å². The van der Waals surface area contributed by atoms with E-state index < -0.39 is 29.7 Å². The lowest BCUT2D eigenvalue weighted by Gasteiger charge is -2.27. The first-order valence-electron chi connectivity index (χ1n) is 10.0. The van der Waals surface area contributed by atoms with Crippen molar-refractivity contribution < 1.29 is 33.5 Å². The number of methoxy groups -OCH3 is 1. The van der Waals surface area contributed by atoms with Crippen LogP contribution in [-0.2, 0) is 14.4 Å². The quantitative estimate of drug-likeness (QED) is 0.520. The second kappa shape index (κ2) is 9.51. The topological polar surface area (TPSA) is 111 Å². The van der Waals surface area contributed by atoms with E-state index in [1.807, 2.05) is 19.3 Å². The van der Waals surface area contributed by atoms with Gasteiger partial charge in [-0.3, -0.25) is 24.1 Å². The van der Waals surface area contributed by atoms with Crippen molar-refractivity contribution in [1.82, 2.24) is 10.4 Å². The molecule has 1 aliphatic rings. The monoisotopic (exact) mass is 440 g/mol. The smallest absolute Gasteiger partial charge is 0.329 e. The van der Waals surface area contributed by atoms with Crippen LogP contribution in [0.2, 0.25) is 0 Å². The average molecular weight is 440 g/mol. The molecule has 168 valence electrons. The van der Waals surface area contributed by atoms with Gasteiger partial charge in [-0.15, -0.1) is 0 Å². The lowest BCUT2D eigenvalue weighted by molar-refractivity contribution is -0.156. The molecule has 0 bridgehead atoms. The molecule has 3 amide bonds. The zero-order chi connectivity index (χ0) is 23.4. The van der Waals surface area contributed by atoms with Crippen molar-refractivity contribution in [2.45, 2.75) is 33.2 Å². The number of carbonyl (C=O) groups excluding carboxylic acids is 4. The van der Waals surface area contributed by atoms with Gasteiger partial charge in [0.15, 0.2) is 11.5 Å². The second-order valence-electron chi connectivity index (χ2n) is 7.21. The highest BCUT2D eigenvalue weighted by molar-refractivity contribution is 6.21. The summed E-state index contributed by atoms with van der Waals surface area (Å²) >= 11 is 0. The van der Waals surface area contributed by atoms with Gasteiger partial charge in [-0.25, -0.2) is 0 Å². The standard InChI is InChI=1S/C23H24N2O7/c1-5-31-20-11-15(7-9-19(20)30-4)18(12-21(27)24-32-14(3)26)25-22(28)16-8-6-13(2)10-17(16)23(25)29/h6-11,18H,5,12H2,1-4H3,(H,24,27)/t18-/m0/s1. The molecule has 2 aromatic rings. The Morgan fingerprint density at radius 3 is 2.41 bits per heavy atom. The normalized spacial score (nSPS) is 13.4. The number of hydrogen-bond acceptors (Lipinski definition) is 7. The molecular weight excluding hydrogens is 416 g/mol. The van der Waals surface area contributed by atoms with E-state index in [1.54, 1.807) is 36.4 Å². The number of aryl methyl sites for hydroxylation is 1. The molecule has 3 rings (SSSR count). The summed E-state index contributed by atoms with van der Waals surface area (Å²) < 4.78 is 10.9. The molecular formula is C23H24N2O7. The lowest BCUT2D eigenvalue weighted by atomic mass is 10.0. The Labute approximate surface area is 185 Å². The van der Waals surface area contributed by atoms with E-state index in [9.17, 15) is 19.2 Å². The fourth-order valence-corrected chi connectivity index (χ4v) is 3.53. The van der Waals surface area contributed by atoms with Gasteiger partial charge in [0, 0.05) is 6.92 Å². The van der Waals surface area contributed by atoms with Crippen molar-refractivity contribution in [1.29, 1.82) is 0 Å². The van der Waals surface area contributed by atoms with Crippen LogP contribution in [0, 0.1) is 6.92 Å². The Hall–Kier alpha value is -3.88. The van der Waals surface area contributed by atoms with Crippen LogP contribution in [0.1, 0.15) is 58.2 Å². The van der Waals surface area contributed by atoms with E-state index in [1.165, 1.54) is 7.11 Å². The zero-order valence-corrected chi connectivity index (χ0v) is 18.3. The molecule has 0 saturated carbocycles. The van der Waals surface area contributed by atoms with Crippen LogP contribution in [0.3, 0.4) is 0 Å². The highest BCUT2D eigenvalue weighted by Gasteiger charge is 2.41. The van der Waals surface area contributed by atoms with Gasteiger partial charge in [-0.05, 0) is 43.7 Å². The van der Waals surface area contributed by atoms with Gasteiger partial charge >= 0.3 is 5.97 Å². The first kappa shape index (κ1) is 22.8. The summed E-state index contributed by atoms with van der Waals surface area (Å²) in [7, 11) is 1.49. The number of hydroxylamine groups is 1. The van der Waals surface area contributed by atoms with Crippen LogP contribution in [-0.4, -0.2) is 42.3 Å². The van der Waals surface area contributed by atoms with Crippen LogP contribution in [0.5, 0.6) is 11.5 Å². The number of imide groups is 1. The Balaban J connectivity index is 2.03. The summed E-state index contributed by atoms with van der Waals surface area (Å²) in [6.07, 6.45) is -0.324. The third-order valence-corrected chi connectivity index (χ3v) is 4.94. The Morgan fingerprint density at radius 2 is 1.75 bits per heavy atom. The third kappa shape index (κ3) is 4.56. The molecule has 0 radical (unpaired) electrons. The molecule has 32 heavy (non-hydrogen) atoms. The lowest BCUT2D eigenvalue weighted by Crippen LogP contribution is -2.38. The van der Waals surface area contributed by atoms with Crippen molar-refractivity contribution >= 4 is 23.7 Å². The molecule has 0 fully saturated rings. The highest BCUT2D eigenvalue weighted by atomic mass is 16.7. The molecule has 2 aromatic carbocycles. The number of hydrogen-bond donors (Lipinski definition) is 1. The van der Waals surface area contributed by atoms with E-state index in [-0.39, 0.29) is 17.5 Å². The van der Waals surface area contributed by atoms with Gasteiger partial charge < -0.3 is 14.3 Å². The number of carbonyl (C=O) groups is 4. The molecule has 9 nitrogen and oxygen atoms in total. The minimum Gasteiger partial charge on any atom is -0.493 e. The number of nitrogens with one attached hydrogen (secondary N) is 1. The van der Waals surface area contributed by atoms with E-state index >= 15 is 0 Å². The van der Waals surface area contributed by atoms with Gasteiger partial charge in [0.25, 0.3) is 17.7 Å². The molecule has 1 N–H and O–H groups in total. The number of fused-ring (bicyclic) bond motifs is 1. The summed E-state index contributed by atoms with van der Waals surface area (Å²) in [6.45, 7) is 5.14. The van der Waals surface area contributed by atoms with Crippen LogP contribution < -0.4 is 15.0 Å². The molecule has 0 unspecified atom stereocenters. The first-order chi connectivity index (χ1) is 15.3. The molecule has 0 spiro atoms. The van der Waals surface area contributed by atoms with E-state index in [0.29, 0.717) is 23.7 Å². The Bertz CT molecular complexity index is 1080. The van der Waals surface area contributed by atoms with Crippen molar-refractivity contribution in [2.24, 2.45) is 0 Å². The minimum absolute atomic E-state index is 0.268. The first-order valence-corrected chi connectivity index (χ1v) is 10.0.